The smallest absolute Gasteiger partial charge is 0.220 e. The fraction of sp³-hybridized carbons (Fsp3) is 0.533. The van der Waals surface area contributed by atoms with Crippen molar-refractivity contribution in [1.82, 2.24) is 4.90 Å². The van der Waals surface area contributed by atoms with E-state index in [4.69, 9.17) is 11.5 Å². The number of benzene rings is 1. The lowest BCUT2D eigenvalue weighted by molar-refractivity contribution is -0.123. The first-order chi connectivity index (χ1) is 9.06. The normalized spacial score (nSPS) is 19.3. The van der Waals surface area contributed by atoms with Crippen LogP contribution in [0, 0.1) is 12.8 Å². The molecule has 1 atom stereocenters. The zero-order valence-electron chi connectivity index (χ0n) is 11.5. The number of rotatable bonds is 4. The highest BCUT2D eigenvalue weighted by Gasteiger charge is 2.24. The zero-order valence-corrected chi connectivity index (χ0v) is 11.5. The molecule has 1 fully saturated rings. The fourth-order valence-corrected chi connectivity index (χ4v) is 2.60. The summed E-state index contributed by atoms with van der Waals surface area (Å²) in [5, 5.41) is 0. The van der Waals surface area contributed by atoms with Crippen LogP contribution in [0.4, 0.5) is 0 Å². The third-order valence-corrected chi connectivity index (χ3v) is 3.95. The van der Waals surface area contributed by atoms with E-state index in [0.29, 0.717) is 0 Å². The van der Waals surface area contributed by atoms with Crippen LogP contribution in [-0.2, 0) is 4.79 Å². The molecule has 1 unspecified atom stereocenters. The average Bonchev–Trinajstić information content (AvgIpc) is 2.40. The van der Waals surface area contributed by atoms with Crippen molar-refractivity contribution in [3.8, 4) is 0 Å². The van der Waals surface area contributed by atoms with E-state index in [1.165, 1.54) is 11.1 Å². The van der Waals surface area contributed by atoms with Crippen LogP contribution in [0.5, 0.6) is 0 Å². The van der Waals surface area contributed by atoms with Gasteiger partial charge in [0.2, 0.25) is 5.91 Å². The van der Waals surface area contributed by atoms with Crippen LogP contribution in [0.1, 0.15) is 30.0 Å². The molecule has 0 aliphatic carbocycles. The SMILES string of the molecule is Cc1ccc(C(N)CN2CCC(C(N)=O)CC2)cc1. The van der Waals surface area contributed by atoms with Crippen molar-refractivity contribution in [2.24, 2.45) is 17.4 Å². The summed E-state index contributed by atoms with van der Waals surface area (Å²) in [6, 6.07) is 8.40. The molecule has 4 nitrogen and oxygen atoms in total. The van der Waals surface area contributed by atoms with Gasteiger partial charge in [0.05, 0.1) is 0 Å². The van der Waals surface area contributed by atoms with Crippen LogP contribution in [0.25, 0.3) is 0 Å². The van der Waals surface area contributed by atoms with E-state index >= 15 is 0 Å². The molecule has 19 heavy (non-hydrogen) atoms. The van der Waals surface area contributed by atoms with Gasteiger partial charge in [-0.3, -0.25) is 4.79 Å². The highest BCUT2D eigenvalue weighted by molar-refractivity contribution is 5.76. The van der Waals surface area contributed by atoms with Crippen molar-refractivity contribution in [2.75, 3.05) is 19.6 Å². The van der Waals surface area contributed by atoms with E-state index in [2.05, 4.69) is 36.1 Å². The lowest BCUT2D eigenvalue weighted by Gasteiger charge is -2.32. The van der Waals surface area contributed by atoms with Crippen LogP contribution in [0.3, 0.4) is 0 Å². The van der Waals surface area contributed by atoms with Gasteiger partial charge in [0.1, 0.15) is 0 Å². The number of carbonyl (C=O) groups is 1. The molecule has 2 rings (SSSR count). The van der Waals surface area contributed by atoms with Crippen molar-refractivity contribution < 1.29 is 4.79 Å². The van der Waals surface area contributed by atoms with Gasteiger partial charge in [0.15, 0.2) is 0 Å². The van der Waals surface area contributed by atoms with Crippen molar-refractivity contribution in [3.63, 3.8) is 0 Å². The maximum atomic E-state index is 11.1. The number of piperidine rings is 1. The third-order valence-electron chi connectivity index (χ3n) is 3.95. The summed E-state index contributed by atoms with van der Waals surface area (Å²) in [6.45, 7) is 4.73. The number of primary amides is 1. The van der Waals surface area contributed by atoms with Crippen molar-refractivity contribution in [1.29, 1.82) is 0 Å². The maximum absolute atomic E-state index is 11.1. The molecule has 0 bridgehead atoms. The fourth-order valence-electron chi connectivity index (χ4n) is 2.60. The molecule has 1 aromatic rings. The molecule has 0 saturated carbocycles. The Morgan fingerprint density at radius 2 is 1.89 bits per heavy atom. The Balaban J connectivity index is 1.85. The van der Waals surface area contributed by atoms with Gasteiger partial charge in [-0.25, -0.2) is 0 Å². The predicted molar refractivity (Wildman–Crippen MR) is 76.5 cm³/mol. The summed E-state index contributed by atoms with van der Waals surface area (Å²) in [4.78, 5) is 13.4. The standard InChI is InChI=1S/C15H23N3O/c1-11-2-4-12(5-3-11)14(16)10-18-8-6-13(7-9-18)15(17)19/h2-5,13-14H,6-10,16H2,1H3,(H2,17,19). The van der Waals surface area contributed by atoms with Gasteiger partial charge in [0, 0.05) is 18.5 Å². The Hall–Kier alpha value is -1.39. The third kappa shape index (κ3) is 3.78. The predicted octanol–water partition coefficient (Wildman–Crippen LogP) is 1.19. The van der Waals surface area contributed by atoms with Gasteiger partial charge in [-0.1, -0.05) is 29.8 Å². The minimum atomic E-state index is -0.164. The van der Waals surface area contributed by atoms with E-state index in [1.54, 1.807) is 0 Å². The Morgan fingerprint density at radius 1 is 1.32 bits per heavy atom. The minimum Gasteiger partial charge on any atom is -0.369 e. The molecule has 0 radical (unpaired) electrons. The number of nitrogens with two attached hydrogens (primary N) is 2. The van der Waals surface area contributed by atoms with E-state index in [9.17, 15) is 4.79 Å². The Labute approximate surface area is 114 Å². The molecule has 4 heteroatoms. The van der Waals surface area contributed by atoms with Crippen molar-refractivity contribution in [2.45, 2.75) is 25.8 Å². The lowest BCUT2D eigenvalue weighted by Crippen LogP contribution is -2.41. The average molecular weight is 261 g/mol. The topological polar surface area (TPSA) is 72.3 Å². The van der Waals surface area contributed by atoms with E-state index in [1.807, 2.05) is 0 Å². The van der Waals surface area contributed by atoms with Crippen LogP contribution < -0.4 is 11.5 Å². The molecule has 1 heterocycles. The van der Waals surface area contributed by atoms with Crippen LogP contribution in [0.15, 0.2) is 24.3 Å². The number of amides is 1. The molecular formula is C15H23N3O. The van der Waals surface area contributed by atoms with Crippen LogP contribution >= 0.6 is 0 Å². The highest BCUT2D eigenvalue weighted by Crippen LogP contribution is 2.19. The first-order valence-corrected chi connectivity index (χ1v) is 6.90. The Kier molecular flexibility index (Phi) is 4.56. The summed E-state index contributed by atoms with van der Waals surface area (Å²) < 4.78 is 0. The van der Waals surface area contributed by atoms with Crippen molar-refractivity contribution in [3.05, 3.63) is 35.4 Å². The maximum Gasteiger partial charge on any atom is 0.220 e. The van der Waals surface area contributed by atoms with E-state index < -0.39 is 0 Å². The molecular weight excluding hydrogens is 238 g/mol. The molecule has 1 saturated heterocycles. The Bertz CT molecular complexity index is 422. The van der Waals surface area contributed by atoms with E-state index in [0.717, 1.165) is 32.5 Å². The molecule has 1 aliphatic heterocycles. The largest absolute Gasteiger partial charge is 0.369 e. The number of nitrogens with zero attached hydrogens (tertiary/aromatic N) is 1. The molecule has 104 valence electrons. The van der Waals surface area contributed by atoms with E-state index in [-0.39, 0.29) is 17.9 Å². The zero-order chi connectivity index (χ0) is 13.8. The van der Waals surface area contributed by atoms with Crippen LogP contribution in [0.2, 0.25) is 0 Å². The Morgan fingerprint density at radius 3 is 2.42 bits per heavy atom. The quantitative estimate of drug-likeness (QED) is 0.855. The number of aryl methyl sites for hydroxylation is 1. The second-order valence-electron chi connectivity index (χ2n) is 5.49. The van der Waals surface area contributed by atoms with Gasteiger partial charge in [-0.05, 0) is 38.4 Å². The second-order valence-corrected chi connectivity index (χ2v) is 5.49. The van der Waals surface area contributed by atoms with Gasteiger partial charge < -0.3 is 16.4 Å². The summed E-state index contributed by atoms with van der Waals surface area (Å²) in [7, 11) is 0. The first-order valence-electron chi connectivity index (χ1n) is 6.90. The number of hydrogen-bond acceptors (Lipinski definition) is 3. The number of carbonyl (C=O) groups excluding carboxylic acids is 1. The summed E-state index contributed by atoms with van der Waals surface area (Å²) >= 11 is 0. The monoisotopic (exact) mass is 261 g/mol. The summed E-state index contributed by atoms with van der Waals surface area (Å²) in [5.74, 6) is -0.116. The molecule has 1 amide bonds. The van der Waals surface area contributed by atoms with Gasteiger partial charge in [0.25, 0.3) is 0 Å². The van der Waals surface area contributed by atoms with Gasteiger partial charge in [-0.15, -0.1) is 0 Å². The highest BCUT2D eigenvalue weighted by atomic mass is 16.1. The molecule has 1 aromatic carbocycles. The van der Waals surface area contributed by atoms with Gasteiger partial charge >= 0.3 is 0 Å². The van der Waals surface area contributed by atoms with Crippen LogP contribution in [-0.4, -0.2) is 30.4 Å². The molecule has 1 aliphatic rings. The summed E-state index contributed by atoms with van der Waals surface area (Å²) in [5.41, 5.74) is 14.0. The number of hydrogen-bond donors (Lipinski definition) is 2. The minimum absolute atomic E-state index is 0.0331. The second kappa shape index (κ2) is 6.17. The molecule has 4 N–H and O–H groups in total. The molecule has 0 spiro atoms. The number of likely N-dealkylation sites (tertiary alicyclic amines) is 1. The first kappa shape index (κ1) is 14.0. The molecule has 0 aromatic heterocycles. The lowest BCUT2D eigenvalue weighted by atomic mass is 9.95. The van der Waals surface area contributed by atoms with Crippen molar-refractivity contribution >= 4 is 5.91 Å². The summed E-state index contributed by atoms with van der Waals surface area (Å²) in [6.07, 6.45) is 1.71. The van der Waals surface area contributed by atoms with Gasteiger partial charge in [-0.2, -0.15) is 0 Å².